The Labute approximate surface area is 198 Å². The summed E-state index contributed by atoms with van der Waals surface area (Å²) in [5.41, 5.74) is 1.33. The van der Waals surface area contributed by atoms with Gasteiger partial charge in [-0.15, -0.1) is 0 Å². The van der Waals surface area contributed by atoms with Gasteiger partial charge in [-0.2, -0.15) is 0 Å². The van der Waals surface area contributed by atoms with Crippen molar-refractivity contribution in [3.63, 3.8) is 0 Å². The van der Waals surface area contributed by atoms with Gasteiger partial charge in [0.05, 0.1) is 12.7 Å². The molecule has 3 aliphatic carbocycles. The predicted octanol–water partition coefficient (Wildman–Crippen LogP) is 5.70. The van der Waals surface area contributed by atoms with Crippen LogP contribution in [0.2, 0.25) is 0 Å². The van der Waals surface area contributed by atoms with Crippen molar-refractivity contribution in [3.8, 4) is 0 Å². The molecule has 1 unspecified atom stereocenters. The summed E-state index contributed by atoms with van der Waals surface area (Å²) >= 11 is 0. The maximum atomic E-state index is 12.7. The molecule has 5 nitrogen and oxygen atoms in total. The number of esters is 1. The van der Waals surface area contributed by atoms with Crippen LogP contribution in [0.5, 0.6) is 0 Å². The standard InChI is InChI=1S/C28H40O5/c1-2-31-27(30)12-6-3-9-20-17-22-19-26(33-28-13-7-8-16-32-28)23(24(22)18-20)14-15-25(29)21-10-4-5-11-21/h3,9,14-15,17,21-24,26,28H,2,4-8,10-13,16,18-19H2,1H3/b9-3?,15-14-/t22-,23-,24-,26+,28?/m0/s1. The third-order valence-corrected chi connectivity index (χ3v) is 7.73. The maximum Gasteiger partial charge on any atom is 0.306 e. The molecule has 1 saturated heterocycles. The van der Waals surface area contributed by atoms with Gasteiger partial charge in [-0.3, -0.25) is 9.59 Å². The lowest BCUT2D eigenvalue weighted by molar-refractivity contribution is -0.192. The molecule has 1 heterocycles. The van der Waals surface area contributed by atoms with Crippen LogP contribution in [0.4, 0.5) is 0 Å². The second-order valence-electron chi connectivity index (χ2n) is 10.0. The molecule has 3 fully saturated rings. The third-order valence-electron chi connectivity index (χ3n) is 7.73. The second-order valence-corrected chi connectivity index (χ2v) is 10.0. The van der Waals surface area contributed by atoms with E-state index in [9.17, 15) is 9.59 Å². The summed E-state index contributed by atoms with van der Waals surface area (Å²) in [6.45, 7) is 3.05. The first kappa shape index (κ1) is 24.4. The minimum absolute atomic E-state index is 0.102. The van der Waals surface area contributed by atoms with Gasteiger partial charge < -0.3 is 14.2 Å². The molecular formula is C28H40O5. The molecule has 4 rings (SSSR count). The van der Waals surface area contributed by atoms with E-state index in [4.69, 9.17) is 14.2 Å². The van der Waals surface area contributed by atoms with Crippen molar-refractivity contribution in [2.45, 2.75) is 89.9 Å². The first-order valence-corrected chi connectivity index (χ1v) is 13.2. The summed E-state index contributed by atoms with van der Waals surface area (Å²) in [4.78, 5) is 24.3. The summed E-state index contributed by atoms with van der Waals surface area (Å²) in [6.07, 6.45) is 21.5. The number of hydrogen-bond donors (Lipinski definition) is 0. The van der Waals surface area contributed by atoms with Crippen LogP contribution in [0.25, 0.3) is 0 Å². The Kier molecular flexibility index (Phi) is 8.96. The van der Waals surface area contributed by atoms with Gasteiger partial charge in [-0.25, -0.2) is 0 Å². The van der Waals surface area contributed by atoms with Gasteiger partial charge in [0.15, 0.2) is 12.1 Å². The molecule has 0 bridgehead atoms. The van der Waals surface area contributed by atoms with E-state index in [-0.39, 0.29) is 30.2 Å². The van der Waals surface area contributed by atoms with Crippen LogP contribution in [0.15, 0.2) is 36.0 Å². The minimum atomic E-state index is -0.138. The number of rotatable bonds is 10. The van der Waals surface area contributed by atoms with E-state index in [0.29, 0.717) is 37.1 Å². The molecule has 182 valence electrons. The van der Waals surface area contributed by atoms with E-state index in [0.717, 1.165) is 51.6 Å². The summed E-state index contributed by atoms with van der Waals surface area (Å²) in [6, 6.07) is 0. The molecule has 0 aromatic carbocycles. The van der Waals surface area contributed by atoms with Gasteiger partial charge in [0, 0.05) is 24.9 Å². The first-order valence-electron chi connectivity index (χ1n) is 13.2. The van der Waals surface area contributed by atoms with E-state index < -0.39 is 0 Å². The van der Waals surface area contributed by atoms with Gasteiger partial charge in [-0.1, -0.05) is 42.7 Å². The molecule has 0 aromatic rings. The van der Waals surface area contributed by atoms with Crippen LogP contribution in [0, 0.1) is 23.7 Å². The van der Waals surface area contributed by atoms with E-state index in [1.165, 1.54) is 18.4 Å². The molecule has 0 aromatic heterocycles. The van der Waals surface area contributed by atoms with Crippen molar-refractivity contribution in [3.05, 3.63) is 36.0 Å². The number of carbonyl (C=O) groups excluding carboxylic acids is 2. The van der Waals surface area contributed by atoms with Crippen molar-refractivity contribution >= 4 is 11.8 Å². The molecule has 0 N–H and O–H groups in total. The zero-order valence-electron chi connectivity index (χ0n) is 20.1. The van der Waals surface area contributed by atoms with Crippen LogP contribution in [0.1, 0.15) is 77.6 Å². The number of ether oxygens (including phenoxy) is 3. The number of fused-ring (bicyclic) bond motifs is 1. The van der Waals surface area contributed by atoms with Crippen LogP contribution >= 0.6 is 0 Å². The summed E-state index contributed by atoms with van der Waals surface area (Å²) < 4.78 is 17.3. The Morgan fingerprint density at radius 3 is 2.73 bits per heavy atom. The Hall–Kier alpha value is -1.72. The van der Waals surface area contributed by atoms with Crippen LogP contribution < -0.4 is 0 Å². The van der Waals surface area contributed by atoms with Crippen LogP contribution in [-0.2, 0) is 23.8 Å². The lowest BCUT2D eigenvalue weighted by atomic mass is 9.88. The number of ketones is 1. The smallest absolute Gasteiger partial charge is 0.306 e. The SMILES string of the molecule is CCOC(=O)CCC=CC1=C[C@H]2C[C@@H](OC3CCCCO3)[C@@H](/C=C\C(=O)C3CCCC3)[C@H]2C1. The van der Waals surface area contributed by atoms with E-state index in [2.05, 4.69) is 24.3 Å². The molecule has 33 heavy (non-hydrogen) atoms. The maximum absolute atomic E-state index is 12.7. The number of hydrogen-bond acceptors (Lipinski definition) is 5. The second kappa shape index (κ2) is 12.1. The average molecular weight is 457 g/mol. The minimum Gasteiger partial charge on any atom is -0.466 e. The van der Waals surface area contributed by atoms with Gasteiger partial charge in [0.25, 0.3) is 0 Å². The zero-order chi connectivity index (χ0) is 23.0. The first-order chi connectivity index (χ1) is 16.1. The highest BCUT2D eigenvalue weighted by Gasteiger charge is 2.45. The highest BCUT2D eigenvalue weighted by Crippen LogP contribution is 2.49. The van der Waals surface area contributed by atoms with Crippen molar-refractivity contribution in [1.29, 1.82) is 0 Å². The fraction of sp³-hybridized carbons (Fsp3) is 0.714. The Balaban J connectivity index is 1.37. The normalized spacial score (nSPS) is 32.5. The van der Waals surface area contributed by atoms with E-state index in [1.807, 2.05) is 13.0 Å². The molecule has 0 amide bonds. The number of allylic oxidation sites excluding steroid dienone is 5. The van der Waals surface area contributed by atoms with Gasteiger partial charge >= 0.3 is 5.97 Å². The molecule has 0 spiro atoms. The Morgan fingerprint density at radius 1 is 1.15 bits per heavy atom. The third kappa shape index (κ3) is 6.66. The average Bonchev–Trinajstić information content (AvgIpc) is 3.54. The van der Waals surface area contributed by atoms with Crippen molar-refractivity contribution in [2.24, 2.45) is 23.7 Å². The van der Waals surface area contributed by atoms with Gasteiger partial charge in [0.2, 0.25) is 0 Å². The van der Waals surface area contributed by atoms with E-state index in [1.54, 1.807) is 0 Å². The topological polar surface area (TPSA) is 61.8 Å². The van der Waals surface area contributed by atoms with Crippen molar-refractivity contribution in [2.75, 3.05) is 13.2 Å². The summed E-state index contributed by atoms with van der Waals surface area (Å²) in [5, 5.41) is 0. The monoisotopic (exact) mass is 456 g/mol. The molecule has 4 aliphatic rings. The molecule has 5 atom stereocenters. The van der Waals surface area contributed by atoms with Crippen molar-refractivity contribution in [1.82, 2.24) is 0 Å². The highest BCUT2D eigenvalue weighted by molar-refractivity contribution is 5.91. The van der Waals surface area contributed by atoms with Gasteiger partial charge in [-0.05, 0) is 76.2 Å². The fourth-order valence-electron chi connectivity index (χ4n) is 6.03. The van der Waals surface area contributed by atoms with Crippen LogP contribution in [-0.4, -0.2) is 37.4 Å². The lowest BCUT2D eigenvalue weighted by Gasteiger charge is -2.29. The Bertz CT molecular complexity index is 754. The molecule has 1 aliphatic heterocycles. The van der Waals surface area contributed by atoms with Crippen molar-refractivity contribution < 1.29 is 23.8 Å². The van der Waals surface area contributed by atoms with Crippen LogP contribution in [0.3, 0.4) is 0 Å². The predicted molar refractivity (Wildman–Crippen MR) is 127 cm³/mol. The quantitative estimate of drug-likeness (QED) is 0.312. The largest absolute Gasteiger partial charge is 0.466 e. The lowest BCUT2D eigenvalue weighted by Crippen LogP contribution is -2.30. The van der Waals surface area contributed by atoms with Gasteiger partial charge in [0.1, 0.15) is 0 Å². The fourth-order valence-corrected chi connectivity index (χ4v) is 6.03. The summed E-state index contributed by atoms with van der Waals surface area (Å²) in [7, 11) is 0. The number of carbonyl (C=O) groups is 2. The van der Waals surface area contributed by atoms with E-state index >= 15 is 0 Å². The Morgan fingerprint density at radius 2 is 1.97 bits per heavy atom. The molecular weight excluding hydrogens is 416 g/mol. The summed E-state index contributed by atoms with van der Waals surface area (Å²) in [5.74, 6) is 1.57. The molecule has 2 saturated carbocycles. The molecule has 5 heteroatoms. The zero-order valence-corrected chi connectivity index (χ0v) is 20.1. The highest BCUT2D eigenvalue weighted by atomic mass is 16.7. The molecule has 0 radical (unpaired) electrons.